The number of hydrogen-bond donors (Lipinski definition) is 0. The summed E-state index contributed by atoms with van der Waals surface area (Å²) in [5.74, 6) is 7.00. The predicted octanol–water partition coefficient (Wildman–Crippen LogP) is 4.37. The molecule has 144 valence electrons. The van der Waals surface area contributed by atoms with E-state index in [9.17, 15) is 4.39 Å². The number of rotatable bonds is 3. The van der Waals surface area contributed by atoms with E-state index in [4.69, 9.17) is 4.74 Å². The molecule has 0 saturated heterocycles. The summed E-state index contributed by atoms with van der Waals surface area (Å²) < 4.78 is 21.3. The zero-order valence-electron chi connectivity index (χ0n) is 16.4. The number of nitrogens with zero attached hydrogens (tertiary/aromatic N) is 4. The van der Waals surface area contributed by atoms with Gasteiger partial charge in [0.1, 0.15) is 11.5 Å². The fourth-order valence-electron chi connectivity index (χ4n) is 3.12. The monoisotopic (exact) mass is 386 g/mol. The second kappa shape index (κ2) is 7.72. The first-order valence-electron chi connectivity index (χ1n) is 9.25. The van der Waals surface area contributed by atoms with Crippen molar-refractivity contribution in [2.24, 2.45) is 0 Å². The molecule has 2 aromatic carbocycles. The number of imidazole rings is 1. The summed E-state index contributed by atoms with van der Waals surface area (Å²) in [6.45, 7) is 4.55. The lowest BCUT2D eigenvalue weighted by Crippen LogP contribution is -1.98. The summed E-state index contributed by atoms with van der Waals surface area (Å²) in [5.41, 5.74) is 2.93. The van der Waals surface area contributed by atoms with E-state index >= 15 is 0 Å². The van der Waals surface area contributed by atoms with Crippen molar-refractivity contribution in [3.05, 3.63) is 71.8 Å². The van der Waals surface area contributed by atoms with Gasteiger partial charge in [0.25, 0.3) is 0 Å². The van der Waals surface area contributed by atoms with Crippen LogP contribution >= 0.6 is 0 Å². The van der Waals surface area contributed by atoms with Crippen LogP contribution in [0.15, 0.2) is 48.7 Å². The molecule has 4 aromatic rings. The number of halogens is 1. The molecule has 0 aliphatic rings. The number of hydrogen-bond acceptors (Lipinski definition) is 4. The van der Waals surface area contributed by atoms with Crippen molar-refractivity contribution < 1.29 is 9.13 Å². The Morgan fingerprint density at radius 1 is 1.07 bits per heavy atom. The third-order valence-electron chi connectivity index (χ3n) is 4.56. The molecule has 0 atom stereocenters. The Labute approximate surface area is 168 Å². The van der Waals surface area contributed by atoms with Crippen LogP contribution in [0, 0.1) is 24.6 Å². The van der Waals surface area contributed by atoms with Gasteiger partial charge in [0.15, 0.2) is 17.4 Å². The van der Waals surface area contributed by atoms with Crippen molar-refractivity contribution in [1.29, 1.82) is 0 Å². The van der Waals surface area contributed by atoms with Crippen LogP contribution < -0.4 is 4.74 Å². The Morgan fingerprint density at radius 2 is 1.86 bits per heavy atom. The molecule has 0 N–H and O–H groups in total. The lowest BCUT2D eigenvalue weighted by atomic mass is 10.1. The van der Waals surface area contributed by atoms with Gasteiger partial charge in [-0.15, -0.1) is 0 Å². The van der Waals surface area contributed by atoms with Crippen molar-refractivity contribution >= 4 is 10.9 Å². The van der Waals surface area contributed by atoms with E-state index < -0.39 is 5.82 Å². The van der Waals surface area contributed by atoms with Crippen LogP contribution in [0.1, 0.15) is 24.3 Å². The Bertz CT molecular complexity index is 1250. The maximum Gasteiger partial charge on any atom is 0.186 e. The van der Waals surface area contributed by atoms with Crippen LogP contribution in [0.4, 0.5) is 4.39 Å². The molecule has 4 rings (SSSR count). The van der Waals surface area contributed by atoms with Gasteiger partial charge in [-0.05, 0) is 31.8 Å². The van der Waals surface area contributed by atoms with Gasteiger partial charge in [-0.2, -0.15) is 0 Å². The summed E-state index contributed by atoms with van der Waals surface area (Å²) in [4.78, 5) is 13.4. The molecular formula is C23H19FN4O. The third kappa shape index (κ3) is 3.67. The first-order chi connectivity index (χ1) is 14.1. The molecule has 0 aliphatic heterocycles. The Balaban J connectivity index is 1.81. The van der Waals surface area contributed by atoms with Crippen LogP contribution in [-0.4, -0.2) is 26.6 Å². The Kier molecular flexibility index (Phi) is 4.96. The van der Waals surface area contributed by atoms with Crippen molar-refractivity contribution in [1.82, 2.24) is 19.5 Å². The number of methoxy groups -OCH3 is 1. The fourth-order valence-corrected chi connectivity index (χ4v) is 3.12. The molecule has 0 unspecified atom stereocenters. The Hall–Kier alpha value is -3.72. The normalized spacial score (nSPS) is 10.6. The van der Waals surface area contributed by atoms with Gasteiger partial charge >= 0.3 is 0 Å². The van der Waals surface area contributed by atoms with Gasteiger partial charge in [0, 0.05) is 29.8 Å². The highest BCUT2D eigenvalue weighted by Crippen LogP contribution is 2.25. The molecule has 2 aromatic heterocycles. The number of aryl methyl sites for hydroxylation is 2. The molecule has 0 fully saturated rings. The zero-order valence-corrected chi connectivity index (χ0v) is 16.4. The first kappa shape index (κ1) is 18.6. The van der Waals surface area contributed by atoms with Crippen molar-refractivity contribution in [3.8, 4) is 28.8 Å². The molecule has 0 spiro atoms. The number of benzene rings is 2. The largest absolute Gasteiger partial charge is 0.494 e. The number of ether oxygens (including phenoxy) is 1. The topological polar surface area (TPSA) is 52.8 Å². The van der Waals surface area contributed by atoms with Crippen molar-refractivity contribution in [2.45, 2.75) is 20.4 Å². The van der Waals surface area contributed by atoms with Gasteiger partial charge in [-0.25, -0.2) is 19.3 Å². The molecular weight excluding hydrogens is 367 g/mol. The van der Waals surface area contributed by atoms with E-state index in [0.717, 1.165) is 17.8 Å². The summed E-state index contributed by atoms with van der Waals surface area (Å²) in [5, 5.41) is 0.541. The van der Waals surface area contributed by atoms with Gasteiger partial charge in [0.2, 0.25) is 0 Å². The molecule has 0 radical (unpaired) electrons. The van der Waals surface area contributed by atoms with Crippen LogP contribution in [0.2, 0.25) is 0 Å². The van der Waals surface area contributed by atoms with Crippen LogP contribution in [0.3, 0.4) is 0 Å². The highest BCUT2D eigenvalue weighted by molar-refractivity contribution is 5.85. The number of fused-ring (bicyclic) bond motifs is 1. The van der Waals surface area contributed by atoms with E-state index in [2.05, 4.69) is 26.8 Å². The van der Waals surface area contributed by atoms with E-state index in [0.29, 0.717) is 28.2 Å². The van der Waals surface area contributed by atoms with E-state index in [1.165, 1.54) is 13.2 Å². The third-order valence-corrected chi connectivity index (χ3v) is 4.56. The zero-order chi connectivity index (χ0) is 20.4. The number of aromatic nitrogens is 4. The maximum atomic E-state index is 14.2. The molecule has 0 bridgehead atoms. The van der Waals surface area contributed by atoms with Crippen LogP contribution in [0.25, 0.3) is 22.2 Å². The van der Waals surface area contributed by atoms with Crippen molar-refractivity contribution in [3.63, 3.8) is 0 Å². The Morgan fingerprint density at radius 3 is 2.59 bits per heavy atom. The highest BCUT2D eigenvalue weighted by Gasteiger charge is 2.11. The van der Waals surface area contributed by atoms with Gasteiger partial charge in [-0.1, -0.05) is 30.3 Å². The molecule has 0 aliphatic carbocycles. The standard InChI is InChI=1S/C23H19FN4O/c1-4-28-14-21(16-8-6-5-7-9-16)27-23(28)11-10-19-17-12-18(24)22(29-3)13-20(17)26-15(2)25-19/h5-9,12-14H,4H2,1-3H3. The molecule has 5 nitrogen and oxygen atoms in total. The van der Waals surface area contributed by atoms with Gasteiger partial charge in [0.05, 0.1) is 18.3 Å². The second-order valence-corrected chi connectivity index (χ2v) is 6.48. The quantitative estimate of drug-likeness (QED) is 0.491. The first-order valence-corrected chi connectivity index (χ1v) is 9.25. The summed E-state index contributed by atoms with van der Waals surface area (Å²) in [6, 6.07) is 12.9. The summed E-state index contributed by atoms with van der Waals surface area (Å²) >= 11 is 0. The average Bonchev–Trinajstić information content (AvgIpc) is 3.16. The van der Waals surface area contributed by atoms with E-state index in [1.807, 2.05) is 48.0 Å². The maximum absolute atomic E-state index is 14.2. The van der Waals surface area contributed by atoms with Crippen LogP contribution in [0.5, 0.6) is 5.75 Å². The second-order valence-electron chi connectivity index (χ2n) is 6.48. The lowest BCUT2D eigenvalue weighted by Gasteiger charge is -2.06. The minimum Gasteiger partial charge on any atom is -0.494 e. The van der Waals surface area contributed by atoms with Gasteiger partial charge < -0.3 is 9.30 Å². The van der Waals surface area contributed by atoms with Crippen molar-refractivity contribution in [2.75, 3.05) is 7.11 Å². The SMILES string of the molecule is CCn1cc(-c2ccccc2)nc1C#Cc1nc(C)nc2cc(OC)c(F)cc12. The smallest absolute Gasteiger partial charge is 0.186 e. The van der Waals surface area contributed by atoms with E-state index in [-0.39, 0.29) is 5.75 Å². The molecule has 0 amide bonds. The molecule has 6 heteroatoms. The minimum atomic E-state index is -0.475. The van der Waals surface area contributed by atoms with E-state index in [1.54, 1.807) is 13.0 Å². The lowest BCUT2D eigenvalue weighted by molar-refractivity contribution is 0.387. The highest BCUT2D eigenvalue weighted by atomic mass is 19.1. The summed E-state index contributed by atoms with van der Waals surface area (Å²) in [7, 11) is 1.42. The minimum absolute atomic E-state index is 0.142. The average molecular weight is 386 g/mol. The molecule has 29 heavy (non-hydrogen) atoms. The van der Waals surface area contributed by atoms with Crippen LogP contribution in [-0.2, 0) is 6.54 Å². The molecule has 0 saturated carbocycles. The van der Waals surface area contributed by atoms with Gasteiger partial charge in [-0.3, -0.25) is 0 Å². The predicted molar refractivity (Wildman–Crippen MR) is 110 cm³/mol. The molecule has 2 heterocycles. The fraction of sp³-hybridized carbons (Fsp3) is 0.174. The summed E-state index contributed by atoms with van der Waals surface area (Å²) in [6.07, 6.45) is 1.98.